The lowest BCUT2D eigenvalue weighted by molar-refractivity contribution is 0.590. The third-order valence-electron chi connectivity index (χ3n) is 4.51. The molecule has 2 aromatic carbocycles. The fraction of sp³-hybridized carbons (Fsp3) is 0.385. The first-order chi connectivity index (χ1) is 12.9. The highest BCUT2D eigenvalue weighted by molar-refractivity contribution is 5.66. The molecule has 0 fully saturated rings. The van der Waals surface area contributed by atoms with E-state index in [9.17, 15) is 0 Å². The summed E-state index contributed by atoms with van der Waals surface area (Å²) in [5.74, 6) is 0. The molecule has 2 rings (SSSR count). The van der Waals surface area contributed by atoms with Crippen LogP contribution in [0.1, 0.15) is 66.5 Å². The summed E-state index contributed by atoms with van der Waals surface area (Å²) in [7, 11) is 0. The molecule has 0 atom stereocenters. The van der Waals surface area contributed by atoms with E-state index in [-0.39, 0.29) is 11.0 Å². The van der Waals surface area contributed by atoms with Crippen LogP contribution in [0.4, 0.5) is 11.4 Å². The van der Waals surface area contributed by atoms with Crippen LogP contribution in [-0.4, -0.2) is 5.54 Å². The summed E-state index contributed by atoms with van der Waals surface area (Å²) in [5, 5.41) is 6.99. The summed E-state index contributed by atoms with van der Waals surface area (Å²) >= 11 is 0. The molecular formula is C26H36N2. The van der Waals surface area contributed by atoms with E-state index in [4.69, 9.17) is 0 Å². The van der Waals surface area contributed by atoms with Gasteiger partial charge in [-0.25, -0.2) is 0 Å². The molecule has 0 radical (unpaired) electrons. The molecule has 2 aromatic rings. The quantitative estimate of drug-likeness (QED) is 0.525. The Morgan fingerprint density at radius 3 is 1.96 bits per heavy atom. The summed E-state index contributed by atoms with van der Waals surface area (Å²) < 4.78 is 0. The van der Waals surface area contributed by atoms with Crippen molar-refractivity contribution in [2.75, 3.05) is 10.6 Å². The third kappa shape index (κ3) is 6.92. The number of rotatable bonds is 5. The van der Waals surface area contributed by atoms with Crippen LogP contribution < -0.4 is 10.6 Å². The van der Waals surface area contributed by atoms with Gasteiger partial charge in [-0.3, -0.25) is 0 Å². The van der Waals surface area contributed by atoms with E-state index in [0.29, 0.717) is 0 Å². The summed E-state index contributed by atoms with van der Waals surface area (Å²) in [5.41, 5.74) is 7.43. The number of allylic oxidation sites excluding steroid dienone is 4. The zero-order valence-corrected chi connectivity index (χ0v) is 18.8. The van der Waals surface area contributed by atoms with Gasteiger partial charge in [-0.15, -0.1) is 0 Å². The van der Waals surface area contributed by atoms with Gasteiger partial charge in [-0.1, -0.05) is 57.2 Å². The number of nitrogens with one attached hydrogen (secondary N) is 2. The Morgan fingerprint density at radius 2 is 1.39 bits per heavy atom. The van der Waals surface area contributed by atoms with Crippen molar-refractivity contribution in [3.05, 3.63) is 77.5 Å². The molecule has 0 spiro atoms. The van der Waals surface area contributed by atoms with Gasteiger partial charge in [0.1, 0.15) is 0 Å². The predicted molar refractivity (Wildman–Crippen MR) is 126 cm³/mol. The molecule has 0 unspecified atom stereocenters. The highest BCUT2D eigenvalue weighted by Gasteiger charge is 2.13. The van der Waals surface area contributed by atoms with Crippen molar-refractivity contribution in [2.45, 2.75) is 66.3 Å². The van der Waals surface area contributed by atoms with Gasteiger partial charge in [0.05, 0.1) is 0 Å². The second-order valence-corrected chi connectivity index (χ2v) is 9.61. The van der Waals surface area contributed by atoms with Crippen LogP contribution >= 0.6 is 0 Å². The van der Waals surface area contributed by atoms with Crippen LogP contribution in [0.25, 0.3) is 5.57 Å². The summed E-state index contributed by atoms with van der Waals surface area (Å²) in [4.78, 5) is 0. The Balaban J connectivity index is 2.08. The molecule has 0 aromatic heterocycles. The Morgan fingerprint density at radius 1 is 0.786 bits per heavy atom. The van der Waals surface area contributed by atoms with Crippen molar-refractivity contribution in [1.82, 2.24) is 0 Å². The van der Waals surface area contributed by atoms with Crippen LogP contribution in [-0.2, 0) is 5.41 Å². The smallest absolute Gasteiger partial charge is 0.0402 e. The van der Waals surface area contributed by atoms with E-state index < -0.39 is 0 Å². The van der Waals surface area contributed by atoms with Gasteiger partial charge in [-0.05, 0) is 81.0 Å². The third-order valence-corrected chi connectivity index (χ3v) is 4.51. The van der Waals surface area contributed by atoms with Gasteiger partial charge in [0.2, 0.25) is 0 Å². The lowest BCUT2D eigenvalue weighted by Gasteiger charge is -2.22. The van der Waals surface area contributed by atoms with E-state index in [1.165, 1.54) is 16.7 Å². The lowest BCUT2D eigenvalue weighted by atomic mass is 9.86. The van der Waals surface area contributed by atoms with Gasteiger partial charge >= 0.3 is 0 Å². The second kappa shape index (κ2) is 8.68. The first-order valence-electron chi connectivity index (χ1n) is 10.1. The monoisotopic (exact) mass is 376 g/mol. The topological polar surface area (TPSA) is 24.1 Å². The summed E-state index contributed by atoms with van der Waals surface area (Å²) in [6, 6.07) is 17.3. The molecule has 0 bridgehead atoms. The van der Waals surface area contributed by atoms with Crippen molar-refractivity contribution in [2.24, 2.45) is 0 Å². The van der Waals surface area contributed by atoms with E-state index in [0.717, 1.165) is 17.1 Å². The molecule has 28 heavy (non-hydrogen) atoms. The standard InChI is InChI=1S/C26H36N2/c1-19(21-14-16-22(17-15-21)25(3,4)5)12-13-20(2)27-23-10-9-11-24(18-23)28-26(6,7)8/h9-18,27-28H,1-8H3/b19-12+,20-13+. The number of hydrogen-bond acceptors (Lipinski definition) is 2. The molecule has 2 N–H and O–H groups in total. The molecule has 2 nitrogen and oxygen atoms in total. The fourth-order valence-electron chi connectivity index (χ4n) is 2.96. The SMILES string of the molecule is C/C(=C\C=C(/C)c1ccc(C(C)(C)C)cc1)Nc1cccc(NC(C)(C)C)c1. The molecule has 0 aliphatic heterocycles. The first kappa shape index (κ1) is 21.8. The average molecular weight is 377 g/mol. The van der Waals surface area contributed by atoms with Crippen molar-refractivity contribution >= 4 is 16.9 Å². The highest BCUT2D eigenvalue weighted by Crippen LogP contribution is 2.24. The van der Waals surface area contributed by atoms with Crippen molar-refractivity contribution < 1.29 is 0 Å². The Bertz CT molecular complexity index is 841. The predicted octanol–water partition coefficient (Wildman–Crippen LogP) is 7.61. The number of hydrogen-bond donors (Lipinski definition) is 2. The maximum Gasteiger partial charge on any atom is 0.0402 e. The normalized spacial score (nSPS) is 13.4. The van der Waals surface area contributed by atoms with Crippen molar-refractivity contribution in [1.29, 1.82) is 0 Å². The van der Waals surface area contributed by atoms with Gasteiger partial charge < -0.3 is 10.6 Å². The fourth-order valence-corrected chi connectivity index (χ4v) is 2.96. The van der Waals surface area contributed by atoms with Crippen LogP contribution in [0.5, 0.6) is 0 Å². The van der Waals surface area contributed by atoms with Crippen LogP contribution in [0.15, 0.2) is 66.4 Å². The van der Waals surface area contributed by atoms with E-state index >= 15 is 0 Å². The zero-order valence-electron chi connectivity index (χ0n) is 18.8. The Hall–Kier alpha value is -2.48. The molecule has 0 aliphatic carbocycles. The summed E-state index contributed by atoms with van der Waals surface area (Å²) in [6.07, 6.45) is 4.31. The van der Waals surface area contributed by atoms with Crippen LogP contribution in [0, 0.1) is 0 Å². The maximum atomic E-state index is 3.51. The largest absolute Gasteiger partial charge is 0.380 e. The minimum Gasteiger partial charge on any atom is -0.380 e. The minimum atomic E-state index is 0.0475. The van der Waals surface area contributed by atoms with Gasteiger partial charge in [0.25, 0.3) is 0 Å². The molecule has 2 heteroatoms. The molecule has 150 valence electrons. The van der Waals surface area contributed by atoms with Crippen LogP contribution in [0.3, 0.4) is 0 Å². The first-order valence-corrected chi connectivity index (χ1v) is 10.1. The minimum absolute atomic E-state index is 0.0475. The molecule has 0 heterocycles. The molecule has 0 saturated heterocycles. The van der Waals surface area contributed by atoms with Gasteiger partial charge in [-0.2, -0.15) is 0 Å². The highest BCUT2D eigenvalue weighted by atomic mass is 15.0. The lowest BCUT2D eigenvalue weighted by Crippen LogP contribution is -2.25. The molecular weight excluding hydrogens is 340 g/mol. The molecule has 0 aliphatic rings. The zero-order chi connectivity index (χ0) is 20.9. The van der Waals surface area contributed by atoms with E-state index in [1.54, 1.807) is 0 Å². The Kier molecular flexibility index (Phi) is 6.77. The van der Waals surface area contributed by atoms with Gasteiger partial charge in [0, 0.05) is 22.6 Å². The van der Waals surface area contributed by atoms with E-state index in [2.05, 4.69) is 127 Å². The number of anilines is 2. The van der Waals surface area contributed by atoms with Crippen LogP contribution in [0.2, 0.25) is 0 Å². The van der Waals surface area contributed by atoms with Gasteiger partial charge in [0.15, 0.2) is 0 Å². The van der Waals surface area contributed by atoms with E-state index in [1.807, 2.05) is 0 Å². The molecule has 0 saturated carbocycles. The Labute approximate surface area is 171 Å². The van der Waals surface area contributed by atoms with Crippen molar-refractivity contribution in [3.8, 4) is 0 Å². The number of benzene rings is 2. The second-order valence-electron chi connectivity index (χ2n) is 9.61. The van der Waals surface area contributed by atoms with Crippen molar-refractivity contribution in [3.63, 3.8) is 0 Å². The summed E-state index contributed by atoms with van der Waals surface area (Å²) in [6.45, 7) is 17.5. The maximum absolute atomic E-state index is 3.51. The average Bonchev–Trinajstić information content (AvgIpc) is 2.58. The molecule has 0 amide bonds.